The third kappa shape index (κ3) is 4.40. The van der Waals surface area contributed by atoms with Gasteiger partial charge in [-0.1, -0.05) is 12.1 Å². The van der Waals surface area contributed by atoms with Crippen LogP contribution in [0.4, 0.5) is 4.39 Å². The van der Waals surface area contributed by atoms with Gasteiger partial charge in [-0.05, 0) is 37.3 Å². The van der Waals surface area contributed by atoms with Crippen molar-refractivity contribution in [1.82, 2.24) is 4.31 Å². The lowest BCUT2D eigenvalue weighted by atomic mass is 10.1. The van der Waals surface area contributed by atoms with Crippen LogP contribution in [-0.2, 0) is 16.6 Å². The number of rotatable bonds is 6. The molecule has 0 unspecified atom stereocenters. The summed E-state index contributed by atoms with van der Waals surface area (Å²) in [5, 5.41) is 0. The number of hydrogen-bond donors (Lipinski definition) is 1. The van der Waals surface area contributed by atoms with Crippen LogP contribution in [0.25, 0.3) is 0 Å². The van der Waals surface area contributed by atoms with Crippen molar-refractivity contribution < 1.29 is 27.2 Å². The summed E-state index contributed by atoms with van der Waals surface area (Å²) in [6, 6.07) is 10.5. The maximum Gasteiger partial charge on any atom is 0.243 e. The molecule has 150 valence electrons. The smallest absolute Gasteiger partial charge is 0.243 e. The van der Waals surface area contributed by atoms with E-state index in [1.807, 2.05) is 0 Å². The Morgan fingerprint density at radius 1 is 1.14 bits per heavy atom. The molecule has 0 spiro atoms. The SMILES string of the molecule is COc1ccc(F)cc1C[NH+]1CCN(S(=O)(=O)c2ccc(C(C)=O)cc2)CC1. The van der Waals surface area contributed by atoms with Gasteiger partial charge >= 0.3 is 0 Å². The monoisotopic (exact) mass is 407 g/mol. The number of benzene rings is 2. The first kappa shape index (κ1) is 20.4. The number of sulfonamides is 1. The van der Waals surface area contributed by atoms with Crippen molar-refractivity contribution in [2.45, 2.75) is 18.4 Å². The van der Waals surface area contributed by atoms with Gasteiger partial charge in [0, 0.05) is 5.56 Å². The summed E-state index contributed by atoms with van der Waals surface area (Å²) in [7, 11) is -2.05. The average molecular weight is 407 g/mol. The lowest BCUT2D eigenvalue weighted by Crippen LogP contribution is -3.13. The van der Waals surface area contributed by atoms with Gasteiger partial charge in [0.25, 0.3) is 0 Å². The lowest BCUT2D eigenvalue weighted by Gasteiger charge is -2.31. The third-order valence-corrected chi connectivity index (χ3v) is 6.92. The molecule has 0 aromatic heterocycles. The summed E-state index contributed by atoms with van der Waals surface area (Å²) < 4.78 is 46.0. The second-order valence-electron chi connectivity index (χ2n) is 6.87. The second kappa shape index (κ2) is 8.38. The van der Waals surface area contributed by atoms with Gasteiger partial charge in [0.05, 0.1) is 43.7 Å². The summed E-state index contributed by atoms with van der Waals surface area (Å²) in [5.74, 6) is 0.217. The predicted molar refractivity (Wildman–Crippen MR) is 103 cm³/mol. The van der Waals surface area contributed by atoms with Crippen molar-refractivity contribution in [3.8, 4) is 5.75 Å². The van der Waals surface area contributed by atoms with E-state index in [4.69, 9.17) is 4.74 Å². The Hall–Kier alpha value is -2.29. The molecule has 0 aliphatic carbocycles. The molecule has 1 heterocycles. The van der Waals surface area contributed by atoms with E-state index in [0.717, 1.165) is 5.56 Å². The van der Waals surface area contributed by atoms with Gasteiger partial charge in [-0.3, -0.25) is 4.79 Å². The van der Waals surface area contributed by atoms with Crippen LogP contribution in [0, 0.1) is 5.82 Å². The van der Waals surface area contributed by atoms with Crippen LogP contribution in [0.1, 0.15) is 22.8 Å². The van der Waals surface area contributed by atoms with E-state index in [-0.39, 0.29) is 16.5 Å². The van der Waals surface area contributed by atoms with Crippen molar-refractivity contribution >= 4 is 15.8 Å². The number of carbonyl (C=O) groups is 1. The van der Waals surface area contributed by atoms with Crippen molar-refractivity contribution in [3.63, 3.8) is 0 Å². The molecule has 0 bridgehead atoms. The molecule has 0 atom stereocenters. The number of nitrogens with one attached hydrogen (secondary N) is 1. The Labute approximate surface area is 164 Å². The molecule has 1 saturated heterocycles. The summed E-state index contributed by atoms with van der Waals surface area (Å²) in [6.45, 7) is 4.00. The maximum atomic E-state index is 13.5. The minimum atomic E-state index is -3.60. The number of quaternary nitrogens is 1. The number of ketones is 1. The van der Waals surface area contributed by atoms with E-state index in [2.05, 4.69) is 0 Å². The largest absolute Gasteiger partial charge is 0.496 e. The van der Waals surface area contributed by atoms with Crippen molar-refractivity contribution in [2.75, 3.05) is 33.3 Å². The minimum absolute atomic E-state index is 0.103. The standard InChI is InChI=1S/C20H23FN2O4S/c1-15(24)16-3-6-19(7-4-16)28(25,26)23-11-9-22(10-12-23)14-17-13-18(21)5-8-20(17)27-2/h3-8,13H,9-12,14H2,1-2H3/p+1. The van der Waals surface area contributed by atoms with Gasteiger partial charge in [0.2, 0.25) is 10.0 Å². The molecule has 0 saturated carbocycles. The highest BCUT2D eigenvalue weighted by Gasteiger charge is 2.30. The van der Waals surface area contributed by atoms with Crippen LogP contribution < -0.4 is 9.64 Å². The summed E-state index contributed by atoms with van der Waals surface area (Å²) in [6.07, 6.45) is 0. The van der Waals surface area contributed by atoms with Crippen molar-refractivity contribution in [2.24, 2.45) is 0 Å². The van der Waals surface area contributed by atoms with Crippen LogP contribution in [0.15, 0.2) is 47.4 Å². The van der Waals surface area contributed by atoms with Gasteiger partial charge in [0.1, 0.15) is 18.1 Å². The number of methoxy groups -OCH3 is 1. The van der Waals surface area contributed by atoms with E-state index in [1.165, 1.54) is 52.5 Å². The van der Waals surface area contributed by atoms with Crippen LogP contribution >= 0.6 is 0 Å². The van der Waals surface area contributed by atoms with E-state index >= 15 is 0 Å². The molecule has 3 rings (SSSR count). The first-order chi connectivity index (χ1) is 13.3. The molecule has 28 heavy (non-hydrogen) atoms. The zero-order valence-electron chi connectivity index (χ0n) is 15.9. The molecule has 6 nitrogen and oxygen atoms in total. The molecule has 8 heteroatoms. The number of Topliss-reactive ketones (excluding diaryl/α,β-unsaturated/α-hetero) is 1. The quantitative estimate of drug-likeness (QED) is 0.729. The molecule has 1 aliphatic rings. The first-order valence-corrected chi connectivity index (χ1v) is 10.5. The fourth-order valence-corrected chi connectivity index (χ4v) is 4.83. The van der Waals surface area contributed by atoms with Gasteiger partial charge < -0.3 is 9.64 Å². The van der Waals surface area contributed by atoms with E-state index < -0.39 is 10.0 Å². The van der Waals surface area contributed by atoms with Crippen LogP contribution in [0.5, 0.6) is 5.75 Å². The number of hydrogen-bond acceptors (Lipinski definition) is 4. The highest BCUT2D eigenvalue weighted by molar-refractivity contribution is 7.89. The fraction of sp³-hybridized carbons (Fsp3) is 0.350. The van der Waals surface area contributed by atoms with Crippen LogP contribution in [0.2, 0.25) is 0 Å². The molecule has 1 fully saturated rings. The molecular weight excluding hydrogens is 383 g/mol. The zero-order chi connectivity index (χ0) is 20.3. The van der Waals surface area contributed by atoms with Gasteiger partial charge in [-0.2, -0.15) is 4.31 Å². The normalized spacial score (nSPS) is 16.1. The number of nitrogens with zero attached hydrogens (tertiary/aromatic N) is 1. The van der Waals surface area contributed by atoms with Crippen LogP contribution in [0.3, 0.4) is 0 Å². The van der Waals surface area contributed by atoms with Crippen LogP contribution in [-0.4, -0.2) is 51.8 Å². The van der Waals surface area contributed by atoms with E-state index in [9.17, 15) is 17.6 Å². The summed E-state index contributed by atoms with van der Waals surface area (Å²) >= 11 is 0. The first-order valence-electron chi connectivity index (χ1n) is 9.08. The zero-order valence-corrected chi connectivity index (χ0v) is 16.8. The highest BCUT2D eigenvalue weighted by atomic mass is 32.2. The van der Waals surface area contributed by atoms with Crippen molar-refractivity contribution in [1.29, 1.82) is 0 Å². The Kier molecular flexibility index (Phi) is 6.12. The fourth-order valence-electron chi connectivity index (χ4n) is 3.38. The maximum absolute atomic E-state index is 13.5. The average Bonchev–Trinajstić information content (AvgIpc) is 2.68. The topological polar surface area (TPSA) is 68.1 Å². The molecule has 1 aliphatic heterocycles. The second-order valence-corrected chi connectivity index (χ2v) is 8.81. The lowest BCUT2D eigenvalue weighted by molar-refractivity contribution is -0.917. The van der Waals surface area contributed by atoms with E-state index in [1.54, 1.807) is 13.2 Å². The number of ether oxygens (including phenoxy) is 1. The molecular formula is C20H24FN2O4S+. The van der Waals surface area contributed by atoms with Gasteiger partial charge in [-0.15, -0.1) is 0 Å². The Morgan fingerprint density at radius 2 is 1.79 bits per heavy atom. The number of piperazine rings is 1. The predicted octanol–water partition coefficient (Wildman–Crippen LogP) is 1.13. The van der Waals surface area contributed by atoms with Gasteiger partial charge in [0.15, 0.2) is 5.78 Å². The summed E-state index contributed by atoms with van der Waals surface area (Å²) in [4.78, 5) is 12.7. The Morgan fingerprint density at radius 3 is 2.36 bits per heavy atom. The van der Waals surface area contributed by atoms with Crippen molar-refractivity contribution in [3.05, 3.63) is 59.4 Å². The Balaban J connectivity index is 1.66. The molecule has 0 amide bonds. The molecule has 0 radical (unpaired) electrons. The van der Waals surface area contributed by atoms with Gasteiger partial charge in [-0.25, -0.2) is 12.8 Å². The number of halogens is 1. The Bertz CT molecular complexity index is 953. The minimum Gasteiger partial charge on any atom is -0.496 e. The third-order valence-electron chi connectivity index (χ3n) is 5.01. The van der Waals surface area contributed by atoms with E-state index in [0.29, 0.717) is 44.0 Å². The molecule has 2 aromatic rings. The number of carbonyl (C=O) groups excluding carboxylic acids is 1. The summed E-state index contributed by atoms with van der Waals surface area (Å²) in [5.41, 5.74) is 1.26. The molecule has 1 N–H and O–H groups in total. The molecule has 2 aromatic carbocycles. The highest BCUT2D eigenvalue weighted by Crippen LogP contribution is 2.19.